The molecule has 29 heavy (non-hydrogen) atoms. The Morgan fingerprint density at radius 3 is 1.76 bits per heavy atom. The summed E-state index contributed by atoms with van der Waals surface area (Å²) in [7, 11) is 7.83. The summed E-state index contributed by atoms with van der Waals surface area (Å²) in [6.07, 6.45) is 1.79. The third-order valence-corrected chi connectivity index (χ3v) is 5.91. The van der Waals surface area contributed by atoms with Gasteiger partial charge in [-0.15, -0.1) is 0 Å². The van der Waals surface area contributed by atoms with Crippen LogP contribution < -0.4 is 28.1 Å². The first-order valence-electron chi connectivity index (χ1n) is 8.77. The number of rotatable bonds is 9. The molecule has 0 unspecified atom stereocenters. The molecular weight excluding hydrogens is 439 g/mol. The third-order valence-electron chi connectivity index (χ3n) is 4.36. The topological polar surface area (TPSA) is 63.2 Å². The molecule has 0 aromatic heterocycles. The molecule has 6 nitrogen and oxygen atoms in total. The number of Topliss-reactive ketones (excluding diaryl/α,β-unsaturated/α-hetero) is 1. The van der Waals surface area contributed by atoms with Crippen LogP contribution in [0.15, 0.2) is 29.8 Å². The van der Waals surface area contributed by atoms with Crippen molar-refractivity contribution in [1.82, 2.24) is 0 Å². The van der Waals surface area contributed by atoms with Gasteiger partial charge in [0.25, 0.3) is 0 Å². The van der Waals surface area contributed by atoms with Gasteiger partial charge in [-0.2, -0.15) is 0 Å². The average Bonchev–Trinajstić information content (AvgIpc) is 2.76. The van der Waals surface area contributed by atoms with Gasteiger partial charge < -0.3 is 0 Å². The van der Waals surface area contributed by atoms with E-state index in [1.54, 1.807) is 66.7 Å². The van der Waals surface area contributed by atoms with Crippen LogP contribution in [0.5, 0.6) is 28.7 Å². The summed E-state index contributed by atoms with van der Waals surface area (Å²) in [6.45, 7) is 1.78. The van der Waals surface area contributed by atoms with Crippen molar-refractivity contribution >= 4 is 31.3 Å². The standard InChI is InChI=1S/C22H26O6Se/c1-13(8-14-9-16(24-2)21(27-5)17(10-14)25-3)20(23)15-11-18(26-4)22(28-6)19(12-15)29-7/h8-12H,1-7H3/b13-8+. The van der Waals surface area contributed by atoms with Crippen molar-refractivity contribution in [2.75, 3.05) is 35.5 Å². The van der Waals surface area contributed by atoms with E-state index in [0.29, 0.717) is 39.9 Å². The Balaban J connectivity index is 2.48. The fraction of sp³-hybridized carbons (Fsp3) is 0.318. The molecule has 2 rings (SSSR count). The average molecular weight is 465 g/mol. The van der Waals surface area contributed by atoms with Crippen LogP contribution in [0.4, 0.5) is 0 Å². The number of hydrogen-bond acceptors (Lipinski definition) is 6. The van der Waals surface area contributed by atoms with E-state index in [1.807, 2.05) is 6.07 Å². The number of hydrogen-bond donors (Lipinski definition) is 0. The predicted octanol–water partition coefficient (Wildman–Crippen LogP) is 3.39. The quantitative estimate of drug-likeness (QED) is 0.322. The molecule has 156 valence electrons. The van der Waals surface area contributed by atoms with E-state index >= 15 is 0 Å². The van der Waals surface area contributed by atoms with Crippen LogP contribution in [-0.4, -0.2) is 56.3 Å². The Kier molecular flexibility index (Phi) is 8.00. The van der Waals surface area contributed by atoms with Crippen LogP contribution in [0.3, 0.4) is 0 Å². The Bertz CT molecular complexity index is 870. The monoisotopic (exact) mass is 466 g/mol. The van der Waals surface area contributed by atoms with Gasteiger partial charge in [0.1, 0.15) is 0 Å². The summed E-state index contributed by atoms with van der Waals surface area (Å²) < 4.78 is 28.0. The van der Waals surface area contributed by atoms with Gasteiger partial charge in [0.2, 0.25) is 0 Å². The zero-order valence-electron chi connectivity index (χ0n) is 17.7. The second kappa shape index (κ2) is 10.2. The van der Waals surface area contributed by atoms with Crippen LogP contribution in [0.25, 0.3) is 6.08 Å². The van der Waals surface area contributed by atoms with Crippen LogP contribution in [-0.2, 0) is 0 Å². The Hall–Kier alpha value is -2.63. The molecule has 0 spiro atoms. The summed E-state index contributed by atoms with van der Waals surface area (Å²) in [5.74, 6) is 4.77. The van der Waals surface area contributed by atoms with E-state index in [2.05, 4.69) is 5.82 Å². The SMILES string of the molecule is COc1cc(/C=C(\C)C(=O)c2cc(OC)c(OC)c([Se]C)c2)cc(OC)c1OC. The number of benzene rings is 2. The summed E-state index contributed by atoms with van der Waals surface area (Å²) in [5, 5.41) is 0. The van der Waals surface area contributed by atoms with Gasteiger partial charge in [0.15, 0.2) is 0 Å². The van der Waals surface area contributed by atoms with Gasteiger partial charge in [-0.05, 0) is 0 Å². The number of allylic oxidation sites excluding steroid dienone is 1. The Morgan fingerprint density at radius 1 is 0.793 bits per heavy atom. The van der Waals surface area contributed by atoms with Crippen LogP contribution in [0.2, 0.25) is 5.82 Å². The molecule has 0 bridgehead atoms. The van der Waals surface area contributed by atoms with E-state index in [1.165, 1.54) is 0 Å². The fourth-order valence-corrected chi connectivity index (χ4v) is 4.23. The molecule has 0 amide bonds. The minimum absolute atomic E-state index is 0.0924. The molecule has 7 heteroatoms. The molecular formula is C22H26O6Se. The Labute approximate surface area is 177 Å². The molecule has 2 aromatic rings. The van der Waals surface area contributed by atoms with Gasteiger partial charge in [-0.1, -0.05) is 0 Å². The summed E-state index contributed by atoms with van der Waals surface area (Å²) in [6, 6.07) is 7.18. The number of methoxy groups -OCH3 is 5. The minimum atomic E-state index is -0.0924. The van der Waals surface area contributed by atoms with Crippen molar-refractivity contribution in [1.29, 1.82) is 0 Å². The van der Waals surface area contributed by atoms with Crippen molar-refractivity contribution in [2.45, 2.75) is 12.7 Å². The summed E-state index contributed by atoms with van der Waals surface area (Å²) >= 11 is 0.142. The van der Waals surface area contributed by atoms with E-state index < -0.39 is 0 Å². The number of carbonyl (C=O) groups excluding carboxylic acids is 1. The number of ketones is 1. The third kappa shape index (κ3) is 4.86. The van der Waals surface area contributed by atoms with Gasteiger partial charge in [0.05, 0.1) is 0 Å². The van der Waals surface area contributed by atoms with Crippen LogP contribution in [0.1, 0.15) is 22.8 Å². The van der Waals surface area contributed by atoms with Gasteiger partial charge >= 0.3 is 178 Å². The molecule has 0 atom stereocenters. The van der Waals surface area contributed by atoms with E-state index in [9.17, 15) is 4.79 Å². The molecule has 0 fully saturated rings. The first kappa shape index (κ1) is 22.7. The van der Waals surface area contributed by atoms with E-state index in [4.69, 9.17) is 23.7 Å². The summed E-state index contributed by atoms with van der Waals surface area (Å²) in [4.78, 5) is 13.1. The summed E-state index contributed by atoms with van der Waals surface area (Å²) in [5.41, 5.74) is 1.90. The zero-order chi connectivity index (χ0) is 21.6. The van der Waals surface area contributed by atoms with Crippen molar-refractivity contribution in [3.8, 4) is 28.7 Å². The second-order valence-electron chi connectivity index (χ2n) is 6.03. The molecule has 0 radical (unpaired) electrons. The van der Waals surface area contributed by atoms with Crippen molar-refractivity contribution in [2.24, 2.45) is 0 Å². The van der Waals surface area contributed by atoms with E-state index in [0.717, 1.165) is 10.0 Å². The number of ether oxygens (including phenoxy) is 5. The number of carbonyl (C=O) groups is 1. The maximum atomic E-state index is 13.1. The molecule has 0 heterocycles. The first-order valence-corrected chi connectivity index (χ1v) is 11.3. The molecule has 0 saturated heterocycles. The van der Waals surface area contributed by atoms with Crippen LogP contribution >= 0.6 is 0 Å². The van der Waals surface area contributed by atoms with Crippen molar-refractivity contribution in [3.05, 3.63) is 41.0 Å². The maximum absolute atomic E-state index is 13.1. The van der Waals surface area contributed by atoms with E-state index in [-0.39, 0.29) is 20.7 Å². The van der Waals surface area contributed by atoms with Gasteiger partial charge in [0, 0.05) is 0 Å². The molecule has 2 aromatic carbocycles. The zero-order valence-corrected chi connectivity index (χ0v) is 19.5. The normalized spacial score (nSPS) is 11.1. The fourth-order valence-electron chi connectivity index (χ4n) is 2.94. The molecule has 0 aliphatic heterocycles. The predicted molar refractivity (Wildman–Crippen MR) is 115 cm³/mol. The molecule has 0 aliphatic rings. The second-order valence-corrected chi connectivity index (χ2v) is 7.81. The van der Waals surface area contributed by atoms with Crippen molar-refractivity contribution in [3.63, 3.8) is 0 Å². The Morgan fingerprint density at radius 2 is 1.31 bits per heavy atom. The van der Waals surface area contributed by atoms with Crippen LogP contribution in [0, 0.1) is 0 Å². The molecule has 0 N–H and O–H groups in total. The van der Waals surface area contributed by atoms with Gasteiger partial charge in [-0.3, -0.25) is 0 Å². The first-order chi connectivity index (χ1) is 13.9. The van der Waals surface area contributed by atoms with Gasteiger partial charge in [-0.25, -0.2) is 0 Å². The molecule has 0 aliphatic carbocycles. The van der Waals surface area contributed by atoms with Crippen molar-refractivity contribution < 1.29 is 28.5 Å². The molecule has 0 saturated carbocycles.